The molecular weight excluding hydrogens is 308 g/mol. The highest BCUT2D eigenvalue weighted by Crippen LogP contribution is 2.40. The monoisotopic (exact) mass is 336 g/mol. The molecule has 2 fully saturated rings. The number of nitrogens with one attached hydrogen (secondary N) is 1. The van der Waals surface area contributed by atoms with Gasteiger partial charge in [0.1, 0.15) is 0 Å². The van der Waals surface area contributed by atoms with Crippen molar-refractivity contribution in [2.75, 3.05) is 0 Å². The van der Waals surface area contributed by atoms with Gasteiger partial charge in [0.15, 0.2) is 0 Å². The lowest BCUT2D eigenvalue weighted by atomic mass is 9.67. The minimum Gasteiger partial charge on any atom is -0.352 e. The van der Waals surface area contributed by atoms with E-state index in [1.807, 2.05) is 18.2 Å². The molecule has 1 amide bonds. The summed E-state index contributed by atoms with van der Waals surface area (Å²) in [6.45, 7) is 2.09. The molecule has 0 aromatic heterocycles. The third-order valence-corrected chi connectivity index (χ3v) is 5.61. The number of rotatable bonds is 4. The van der Waals surface area contributed by atoms with E-state index in [9.17, 15) is 4.79 Å². The fourth-order valence-electron chi connectivity index (χ4n) is 4.55. The summed E-state index contributed by atoms with van der Waals surface area (Å²) in [7, 11) is 0. The maximum Gasteiger partial charge on any atom is 0.227 e. The van der Waals surface area contributed by atoms with Gasteiger partial charge in [0.25, 0.3) is 0 Å². The first-order chi connectivity index (χ1) is 10.7. The molecule has 0 radical (unpaired) electrons. The number of amides is 1. The van der Waals surface area contributed by atoms with E-state index in [1.54, 1.807) is 0 Å². The SMILES string of the molecule is CCC(C(=O)NC1C2CCCC1CC(N)C2)c1ccccc1.Cl. The average molecular weight is 337 g/mol. The number of nitrogens with two attached hydrogens (primary N) is 1. The number of fused-ring (bicyclic) bond motifs is 2. The molecule has 1 aromatic carbocycles. The summed E-state index contributed by atoms with van der Waals surface area (Å²) in [5, 5.41) is 3.40. The molecule has 3 N–H and O–H groups in total. The average Bonchev–Trinajstić information content (AvgIpc) is 2.50. The van der Waals surface area contributed by atoms with E-state index in [0.29, 0.717) is 23.9 Å². The first-order valence-corrected chi connectivity index (χ1v) is 8.80. The van der Waals surface area contributed by atoms with Crippen molar-refractivity contribution in [1.29, 1.82) is 0 Å². The Morgan fingerprint density at radius 2 is 1.83 bits per heavy atom. The summed E-state index contributed by atoms with van der Waals surface area (Å²) in [4.78, 5) is 12.8. The first-order valence-electron chi connectivity index (χ1n) is 8.80. The van der Waals surface area contributed by atoms with Crippen LogP contribution in [0.4, 0.5) is 0 Å². The predicted octanol–water partition coefficient (Wildman–Crippen LogP) is 3.62. The van der Waals surface area contributed by atoms with Gasteiger partial charge < -0.3 is 11.1 Å². The second-order valence-electron chi connectivity index (χ2n) is 7.09. The van der Waals surface area contributed by atoms with Crippen molar-refractivity contribution in [3.05, 3.63) is 35.9 Å². The normalized spacial score (nSPS) is 30.9. The van der Waals surface area contributed by atoms with Gasteiger partial charge in [-0.3, -0.25) is 4.79 Å². The molecule has 1 aromatic rings. The minimum absolute atomic E-state index is 0. The van der Waals surface area contributed by atoms with Crippen LogP contribution in [0.3, 0.4) is 0 Å². The van der Waals surface area contributed by atoms with Crippen molar-refractivity contribution in [3.8, 4) is 0 Å². The van der Waals surface area contributed by atoms with E-state index in [0.717, 1.165) is 24.8 Å². The molecule has 0 saturated heterocycles. The molecule has 2 aliphatic rings. The van der Waals surface area contributed by atoms with E-state index in [1.165, 1.54) is 19.3 Å². The van der Waals surface area contributed by atoms with Crippen LogP contribution >= 0.6 is 12.4 Å². The van der Waals surface area contributed by atoms with Gasteiger partial charge in [-0.05, 0) is 49.5 Å². The molecule has 3 rings (SSSR count). The van der Waals surface area contributed by atoms with Crippen LogP contribution in [0.15, 0.2) is 30.3 Å². The quantitative estimate of drug-likeness (QED) is 0.882. The van der Waals surface area contributed by atoms with Crippen molar-refractivity contribution in [2.45, 2.75) is 63.5 Å². The topological polar surface area (TPSA) is 55.1 Å². The summed E-state index contributed by atoms with van der Waals surface area (Å²) >= 11 is 0. The molecular formula is C19H29ClN2O. The van der Waals surface area contributed by atoms with Crippen molar-refractivity contribution in [1.82, 2.24) is 5.32 Å². The molecule has 2 aliphatic carbocycles. The molecule has 0 aliphatic heterocycles. The molecule has 0 heterocycles. The van der Waals surface area contributed by atoms with Crippen LogP contribution in [0.5, 0.6) is 0 Å². The third-order valence-electron chi connectivity index (χ3n) is 5.61. The van der Waals surface area contributed by atoms with Crippen LogP contribution in [-0.4, -0.2) is 18.0 Å². The second-order valence-corrected chi connectivity index (χ2v) is 7.09. The Bertz CT molecular complexity index is 493. The van der Waals surface area contributed by atoms with Gasteiger partial charge in [0.2, 0.25) is 5.91 Å². The Morgan fingerprint density at radius 1 is 1.22 bits per heavy atom. The lowest BCUT2D eigenvalue weighted by Gasteiger charge is -2.45. The van der Waals surface area contributed by atoms with E-state index in [4.69, 9.17) is 5.73 Å². The molecule has 3 atom stereocenters. The van der Waals surface area contributed by atoms with Crippen LogP contribution in [0.2, 0.25) is 0 Å². The molecule has 128 valence electrons. The van der Waals surface area contributed by atoms with E-state index >= 15 is 0 Å². The number of hydrogen-bond acceptors (Lipinski definition) is 2. The van der Waals surface area contributed by atoms with Gasteiger partial charge >= 0.3 is 0 Å². The second kappa shape index (κ2) is 8.16. The highest BCUT2D eigenvalue weighted by molar-refractivity contribution is 5.85. The number of hydrogen-bond donors (Lipinski definition) is 2. The summed E-state index contributed by atoms with van der Waals surface area (Å²) in [5.41, 5.74) is 7.31. The summed E-state index contributed by atoms with van der Waals surface area (Å²) in [6.07, 6.45) is 6.73. The molecule has 3 nitrogen and oxygen atoms in total. The molecule has 2 bridgehead atoms. The zero-order valence-electron chi connectivity index (χ0n) is 13.9. The van der Waals surface area contributed by atoms with Gasteiger partial charge in [-0.25, -0.2) is 0 Å². The van der Waals surface area contributed by atoms with Crippen LogP contribution in [-0.2, 0) is 4.79 Å². The number of halogens is 1. The summed E-state index contributed by atoms with van der Waals surface area (Å²) in [6, 6.07) is 10.8. The lowest BCUT2D eigenvalue weighted by molar-refractivity contribution is -0.125. The zero-order chi connectivity index (χ0) is 15.5. The zero-order valence-corrected chi connectivity index (χ0v) is 14.7. The van der Waals surface area contributed by atoms with E-state index in [2.05, 4.69) is 24.4 Å². The van der Waals surface area contributed by atoms with E-state index in [-0.39, 0.29) is 24.2 Å². The third kappa shape index (κ3) is 4.07. The summed E-state index contributed by atoms with van der Waals surface area (Å²) in [5.74, 6) is 1.34. The molecule has 2 saturated carbocycles. The Kier molecular flexibility index (Phi) is 6.49. The highest BCUT2D eigenvalue weighted by atomic mass is 35.5. The fourth-order valence-corrected chi connectivity index (χ4v) is 4.55. The van der Waals surface area contributed by atoms with Gasteiger partial charge in [0, 0.05) is 12.1 Å². The maximum absolute atomic E-state index is 12.8. The molecule has 23 heavy (non-hydrogen) atoms. The Balaban J connectivity index is 0.00000192. The smallest absolute Gasteiger partial charge is 0.227 e. The van der Waals surface area contributed by atoms with Gasteiger partial charge in [-0.15, -0.1) is 12.4 Å². The van der Waals surface area contributed by atoms with Gasteiger partial charge in [-0.2, -0.15) is 0 Å². The predicted molar refractivity (Wildman–Crippen MR) is 96.7 cm³/mol. The number of benzene rings is 1. The largest absolute Gasteiger partial charge is 0.352 e. The Morgan fingerprint density at radius 3 is 2.39 bits per heavy atom. The number of carbonyl (C=O) groups excluding carboxylic acids is 1. The molecule has 4 heteroatoms. The van der Waals surface area contributed by atoms with Crippen molar-refractivity contribution in [3.63, 3.8) is 0 Å². The van der Waals surface area contributed by atoms with Crippen molar-refractivity contribution >= 4 is 18.3 Å². The highest BCUT2D eigenvalue weighted by Gasteiger charge is 2.40. The van der Waals surface area contributed by atoms with Gasteiger partial charge in [0.05, 0.1) is 5.92 Å². The van der Waals surface area contributed by atoms with Crippen LogP contribution in [0, 0.1) is 11.8 Å². The maximum atomic E-state index is 12.8. The standard InChI is InChI=1S/C19H28N2O.ClH/c1-2-17(13-7-4-3-5-8-13)19(22)21-18-14-9-6-10-15(18)12-16(20)11-14;/h3-5,7-8,14-18H,2,6,9-12,20H2,1H3,(H,21,22);1H. The Labute approximate surface area is 145 Å². The minimum atomic E-state index is -0.0301. The number of carbonyl (C=O) groups is 1. The molecule has 3 unspecified atom stereocenters. The van der Waals surface area contributed by atoms with Crippen LogP contribution in [0.25, 0.3) is 0 Å². The van der Waals surface area contributed by atoms with E-state index < -0.39 is 0 Å². The molecule has 0 spiro atoms. The van der Waals surface area contributed by atoms with Crippen LogP contribution < -0.4 is 11.1 Å². The van der Waals surface area contributed by atoms with Crippen LogP contribution in [0.1, 0.15) is 56.9 Å². The van der Waals surface area contributed by atoms with Crippen molar-refractivity contribution < 1.29 is 4.79 Å². The fraction of sp³-hybridized carbons (Fsp3) is 0.632. The summed E-state index contributed by atoms with van der Waals surface area (Å²) < 4.78 is 0. The first kappa shape index (κ1) is 18.3. The lowest BCUT2D eigenvalue weighted by Crippen LogP contribution is -2.54. The van der Waals surface area contributed by atoms with Gasteiger partial charge in [-0.1, -0.05) is 43.7 Å². The Hall–Kier alpha value is -1.06. The van der Waals surface area contributed by atoms with Crippen molar-refractivity contribution in [2.24, 2.45) is 17.6 Å².